The van der Waals surface area contributed by atoms with E-state index in [1.54, 1.807) is 6.20 Å². The van der Waals surface area contributed by atoms with E-state index in [0.717, 1.165) is 14.8 Å². The third-order valence-electron chi connectivity index (χ3n) is 1.84. The zero-order valence-corrected chi connectivity index (χ0v) is 9.85. The Balaban J connectivity index is 1.90. The van der Waals surface area contributed by atoms with Gasteiger partial charge < -0.3 is 10.4 Å². The van der Waals surface area contributed by atoms with E-state index in [1.165, 1.54) is 22.9 Å². The Hall–Kier alpha value is -1.47. The van der Waals surface area contributed by atoms with Crippen LogP contribution in [0.5, 0.6) is 0 Å². The second-order valence-electron chi connectivity index (χ2n) is 3.07. The van der Waals surface area contributed by atoms with Crippen molar-refractivity contribution in [3.8, 4) is 0 Å². The van der Waals surface area contributed by atoms with Crippen LogP contribution >= 0.6 is 22.9 Å². The molecule has 0 aliphatic carbocycles. The third kappa shape index (κ3) is 3.01. The van der Waals surface area contributed by atoms with Gasteiger partial charge in [0, 0.05) is 21.3 Å². The molecule has 0 unspecified atom stereocenters. The van der Waals surface area contributed by atoms with E-state index < -0.39 is 5.97 Å². The molecule has 0 saturated heterocycles. The highest BCUT2D eigenvalue weighted by atomic mass is 32.1. The Morgan fingerprint density at radius 1 is 1.44 bits per heavy atom. The van der Waals surface area contributed by atoms with Crippen LogP contribution in [-0.2, 0) is 17.8 Å². The average Bonchev–Trinajstić information content (AvgIpc) is 2.84. The first-order chi connectivity index (χ1) is 7.74. The number of carboxylic acids is 1. The van der Waals surface area contributed by atoms with Crippen LogP contribution in [0.25, 0.3) is 0 Å². The lowest BCUT2D eigenvalue weighted by Gasteiger charge is -1.98. The van der Waals surface area contributed by atoms with E-state index in [1.807, 2.05) is 12.1 Å². The van der Waals surface area contributed by atoms with Crippen molar-refractivity contribution in [2.45, 2.75) is 13.0 Å². The summed E-state index contributed by atoms with van der Waals surface area (Å²) in [6, 6.07) is 3.78. The van der Waals surface area contributed by atoms with Crippen molar-refractivity contribution in [2.75, 3.05) is 5.32 Å². The van der Waals surface area contributed by atoms with Gasteiger partial charge in [-0.25, -0.2) is 0 Å². The molecular weight excluding hydrogens is 246 g/mol. The molecule has 2 aromatic heterocycles. The standard InChI is InChI=1S/C9H9N3O2S2/c13-9(14)3-6-1-2-7(15-6)4-10-8-5-11-12-16-8/h1-2,5,10H,3-4H2,(H,13,14). The zero-order valence-electron chi connectivity index (χ0n) is 8.21. The number of aromatic nitrogens is 2. The van der Waals surface area contributed by atoms with Gasteiger partial charge in [-0.05, 0) is 12.1 Å². The van der Waals surface area contributed by atoms with E-state index in [4.69, 9.17) is 5.11 Å². The molecule has 0 fully saturated rings. The van der Waals surface area contributed by atoms with Crippen LogP contribution in [0.4, 0.5) is 5.00 Å². The summed E-state index contributed by atoms with van der Waals surface area (Å²) in [5.74, 6) is -0.798. The average molecular weight is 255 g/mol. The fraction of sp³-hybridized carbons (Fsp3) is 0.222. The lowest BCUT2D eigenvalue weighted by Crippen LogP contribution is -1.97. The Kier molecular flexibility index (Phi) is 3.47. The van der Waals surface area contributed by atoms with Crippen molar-refractivity contribution >= 4 is 33.8 Å². The first-order valence-corrected chi connectivity index (χ1v) is 6.13. The summed E-state index contributed by atoms with van der Waals surface area (Å²) in [6.45, 7) is 0.675. The van der Waals surface area contributed by atoms with Gasteiger partial charge in [0.2, 0.25) is 0 Å². The monoisotopic (exact) mass is 255 g/mol. The van der Waals surface area contributed by atoms with Crippen LogP contribution in [0.1, 0.15) is 9.75 Å². The van der Waals surface area contributed by atoms with E-state index in [-0.39, 0.29) is 6.42 Å². The number of hydrogen-bond donors (Lipinski definition) is 2. The number of nitrogens with one attached hydrogen (secondary N) is 1. The van der Waals surface area contributed by atoms with Gasteiger partial charge in [-0.1, -0.05) is 4.49 Å². The van der Waals surface area contributed by atoms with Crippen molar-refractivity contribution in [3.63, 3.8) is 0 Å². The van der Waals surface area contributed by atoms with Crippen LogP contribution in [0.2, 0.25) is 0 Å². The maximum Gasteiger partial charge on any atom is 0.308 e. The molecule has 0 saturated carbocycles. The van der Waals surface area contributed by atoms with Gasteiger partial charge in [-0.2, -0.15) is 0 Å². The van der Waals surface area contributed by atoms with Crippen molar-refractivity contribution in [2.24, 2.45) is 0 Å². The maximum atomic E-state index is 10.5. The molecule has 2 rings (SSSR count). The van der Waals surface area contributed by atoms with Crippen molar-refractivity contribution in [3.05, 3.63) is 28.1 Å². The Labute approximate surface area is 99.9 Å². The summed E-state index contributed by atoms with van der Waals surface area (Å²) >= 11 is 2.80. The molecule has 5 nitrogen and oxygen atoms in total. The third-order valence-corrected chi connectivity index (χ3v) is 3.55. The number of thiophene rings is 1. The normalized spacial score (nSPS) is 10.2. The molecule has 0 spiro atoms. The molecule has 16 heavy (non-hydrogen) atoms. The molecule has 2 heterocycles. The molecule has 0 aliphatic heterocycles. The minimum absolute atomic E-state index is 0.0901. The Morgan fingerprint density at radius 2 is 2.25 bits per heavy atom. The molecule has 0 radical (unpaired) electrons. The first-order valence-electron chi connectivity index (χ1n) is 4.54. The van der Waals surface area contributed by atoms with Gasteiger partial charge >= 0.3 is 5.97 Å². The van der Waals surface area contributed by atoms with Gasteiger partial charge in [0.15, 0.2) is 0 Å². The van der Waals surface area contributed by atoms with Gasteiger partial charge in [0.05, 0.1) is 19.2 Å². The molecule has 0 aliphatic rings. The SMILES string of the molecule is O=C(O)Cc1ccc(CNc2cnns2)s1. The molecule has 84 valence electrons. The predicted molar refractivity (Wildman–Crippen MR) is 62.9 cm³/mol. The number of aliphatic carboxylic acids is 1. The van der Waals surface area contributed by atoms with E-state index in [9.17, 15) is 4.79 Å². The molecule has 0 aromatic carbocycles. The van der Waals surface area contributed by atoms with Crippen LogP contribution in [0.3, 0.4) is 0 Å². The highest BCUT2D eigenvalue weighted by molar-refractivity contribution is 7.12. The second-order valence-corrected chi connectivity index (χ2v) is 5.11. The van der Waals surface area contributed by atoms with Crippen molar-refractivity contribution < 1.29 is 9.90 Å². The Morgan fingerprint density at radius 3 is 2.94 bits per heavy atom. The van der Waals surface area contributed by atoms with Crippen molar-refractivity contribution in [1.82, 2.24) is 9.59 Å². The smallest absolute Gasteiger partial charge is 0.308 e. The molecule has 7 heteroatoms. The zero-order chi connectivity index (χ0) is 11.4. The molecule has 2 N–H and O–H groups in total. The van der Waals surface area contributed by atoms with Gasteiger partial charge in [-0.15, -0.1) is 16.4 Å². The summed E-state index contributed by atoms with van der Waals surface area (Å²) in [6.07, 6.45) is 1.75. The molecule has 2 aromatic rings. The largest absolute Gasteiger partial charge is 0.481 e. The lowest BCUT2D eigenvalue weighted by molar-refractivity contribution is -0.136. The second kappa shape index (κ2) is 5.04. The highest BCUT2D eigenvalue weighted by Crippen LogP contribution is 2.19. The molecular formula is C9H9N3O2S2. The maximum absolute atomic E-state index is 10.5. The van der Waals surface area contributed by atoms with Crippen LogP contribution in [-0.4, -0.2) is 20.7 Å². The van der Waals surface area contributed by atoms with Crippen molar-refractivity contribution in [1.29, 1.82) is 0 Å². The number of rotatable bonds is 5. The van der Waals surface area contributed by atoms with Crippen LogP contribution < -0.4 is 5.32 Å². The molecule has 0 atom stereocenters. The number of nitrogens with zero attached hydrogens (tertiary/aromatic N) is 2. The number of anilines is 1. The van der Waals surface area contributed by atoms with Gasteiger partial charge in [-0.3, -0.25) is 4.79 Å². The quantitative estimate of drug-likeness (QED) is 0.852. The van der Waals surface area contributed by atoms with Crippen LogP contribution in [0.15, 0.2) is 18.3 Å². The van der Waals surface area contributed by atoms with E-state index in [0.29, 0.717) is 6.54 Å². The summed E-state index contributed by atoms with van der Waals surface area (Å²) < 4.78 is 3.73. The van der Waals surface area contributed by atoms with Gasteiger partial charge in [0.1, 0.15) is 5.00 Å². The summed E-state index contributed by atoms with van der Waals surface area (Å²) in [5.41, 5.74) is 0. The summed E-state index contributed by atoms with van der Waals surface area (Å²) in [5, 5.41) is 16.4. The van der Waals surface area contributed by atoms with Crippen LogP contribution in [0, 0.1) is 0 Å². The first kappa shape index (κ1) is 11.0. The number of carbonyl (C=O) groups is 1. The lowest BCUT2D eigenvalue weighted by atomic mass is 10.3. The highest BCUT2D eigenvalue weighted by Gasteiger charge is 2.04. The molecule has 0 amide bonds. The fourth-order valence-electron chi connectivity index (χ4n) is 1.18. The topological polar surface area (TPSA) is 75.1 Å². The fourth-order valence-corrected chi connectivity index (χ4v) is 2.54. The predicted octanol–water partition coefficient (Wildman–Crippen LogP) is 1.84. The number of hydrogen-bond acceptors (Lipinski definition) is 6. The summed E-state index contributed by atoms with van der Waals surface area (Å²) in [7, 11) is 0. The minimum atomic E-state index is -0.798. The minimum Gasteiger partial charge on any atom is -0.481 e. The summed E-state index contributed by atoms with van der Waals surface area (Å²) in [4.78, 5) is 12.5. The Bertz CT molecular complexity index is 467. The van der Waals surface area contributed by atoms with Gasteiger partial charge in [0.25, 0.3) is 0 Å². The number of carboxylic acid groups (broad SMARTS) is 1. The van der Waals surface area contributed by atoms with E-state index in [2.05, 4.69) is 14.9 Å². The molecule has 0 bridgehead atoms. The van der Waals surface area contributed by atoms with E-state index >= 15 is 0 Å².